The summed E-state index contributed by atoms with van der Waals surface area (Å²) in [4.78, 5) is 33.0. The molecule has 1 fully saturated rings. The van der Waals surface area contributed by atoms with Crippen LogP contribution in [0.1, 0.15) is 39.8 Å². The third-order valence-electron chi connectivity index (χ3n) is 6.25. The molecule has 2 heterocycles. The predicted octanol–water partition coefficient (Wildman–Crippen LogP) is 4.64. The number of carbonyl (C=O) groups excluding carboxylic acids is 2. The molecule has 32 heavy (non-hydrogen) atoms. The third-order valence-corrected chi connectivity index (χ3v) is 7.17. The van der Waals surface area contributed by atoms with Gasteiger partial charge in [-0.3, -0.25) is 9.59 Å². The minimum atomic E-state index is -0.629. The molecule has 1 aromatic heterocycles. The van der Waals surface area contributed by atoms with Crippen LogP contribution in [0.2, 0.25) is 0 Å². The molecule has 1 aliphatic rings. The van der Waals surface area contributed by atoms with Gasteiger partial charge in [0, 0.05) is 19.6 Å². The van der Waals surface area contributed by atoms with Crippen LogP contribution in [0, 0.1) is 19.3 Å². The number of nitrogens with zero attached hydrogens (tertiary/aromatic N) is 2. The Morgan fingerprint density at radius 1 is 1.12 bits per heavy atom. The summed E-state index contributed by atoms with van der Waals surface area (Å²) in [7, 11) is 0. The first-order valence-electron chi connectivity index (χ1n) is 11.1. The molecule has 0 saturated carbocycles. The van der Waals surface area contributed by atoms with Crippen LogP contribution in [0.3, 0.4) is 0 Å². The Hall–Kier alpha value is -2.99. The Morgan fingerprint density at radius 3 is 2.59 bits per heavy atom. The van der Waals surface area contributed by atoms with Gasteiger partial charge in [-0.15, -0.1) is 11.3 Å². The second kappa shape index (κ2) is 9.25. The molecule has 166 valence electrons. The summed E-state index contributed by atoms with van der Waals surface area (Å²) in [5.41, 5.74) is 6.46. The van der Waals surface area contributed by atoms with Gasteiger partial charge in [0.15, 0.2) is 0 Å². The molecule has 0 spiro atoms. The molecule has 4 rings (SSSR count). The number of aromatic nitrogens is 1. The van der Waals surface area contributed by atoms with Gasteiger partial charge in [0.05, 0.1) is 16.6 Å². The van der Waals surface area contributed by atoms with Crippen molar-refractivity contribution >= 4 is 23.2 Å². The molecular formula is C26H29N3O2S. The van der Waals surface area contributed by atoms with Crippen LogP contribution in [0.5, 0.6) is 0 Å². The molecule has 2 amide bonds. The standard InChI is InChI=1S/C26H29N3O2S/c1-4-27-25(31)26(12-13-29(16-26)24(30)23-19(3)28-17-32-23)15-20-6-5-7-22(14-20)21-10-8-18(2)9-11-21/h5-11,14,17H,4,12-13,15-16H2,1-3H3,(H,27,31)/t26-/m1/s1. The molecule has 0 bridgehead atoms. The summed E-state index contributed by atoms with van der Waals surface area (Å²) >= 11 is 1.36. The Kier molecular flexibility index (Phi) is 6.42. The zero-order chi connectivity index (χ0) is 22.7. The van der Waals surface area contributed by atoms with E-state index in [2.05, 4.69) is 65.8 Å². The lowest BCUT2D eigenvalue weighted by Gasteiger charge is -2.28. The second-order valence-electron chi connectivity index (χ2n) is 8.63. The minimum Gasteiger partial charge on any atom is -0.356 e. The zero-order valence-corrected chi connectivity index (χ0v) is 19.7. The lowest BCUT2D eigenvalue weighted by atomic mass is 9.79. The first-order chi connectivity index (χ1) is 15.4. The van der Waals surface area contributed by atoms with Gasteiger partial charge in [0.2, 0.25) is 5.91 Å². The topological polar surface area (TPSA) is 62.3 Å². The maximum Gasteiger partial charge on any atom is 0.265 e. The fourth-order valence-corrected chi connectivity index (χ4v) is 5.22. The summed E-state index contributed by atoms with van der Waals surface area (Å²) in [6.45, 7) is 7.44. The minimum absolute atomic E-state index is 0.0235. The summed E-state index contributed by atoms with van der Waals surface area (Å²) in [5.74, 6) is 0.00152. The van der Waals surface area contributed by atoms with Crippen LogP contribution >= 0.6 is 11.3 Å². The van der Waals surface area contributed by atoms with E-state index in [4.69, 9.17) is 0 Å². The van der Waals surface area contributed by atoms with Crippen molar-refractivity contribution < 1.29 is 9.59 Å². The van der Waals surface area contributed by atoms with E-state index in [0.717, 1.165) is 22.4 Å². The average molecular weight is 448 g/mol. The fourth-order valence-electron chi connectivity index (χ4n) is 4.45. The molecule has 1 N–H and O–H groups in total. The molecule has 5 nitrogen and oxygen atoms in total. The number of aryl methyl sites for hydroxylation is 2. The smallest absolute Gasteiger partial charge is 0.265 e. The lowest BCUT2D eigenvalue weighted by Crippen LogP contribution is -2.45. The first kappa shape index (κ1) is 22.2. The third kappa shape index (κ3) is 4.46. The summed E-state index contributed by atoms with van der Waals surface area (Å²) in [6, 6.07) is 16.9. The predicted molar refractivity (Wildman–Crippen MR) is 129 cm³/mol. The highest BCUT2D eigenvalue weighted by Crippen LogP contribution is 2.37. The van der Waals surface area contributed by atoms with Crippen LogP contribution in [0.15, 0.2) is 54.0 Å². The zero-order valence-electron chi connectivity index (χ0n) is 18.9. The Labute approximate surface area is 193 Å². The van der Waals surface area contributed by atoms with E-state index in [1.165, 1.54) is 16.9 Å². The number of likely N-dealkylation sites (tertiary alicyclic amines) is 1. The van der Waals surface area contributed by atoms with Crippen molar-refractivity contribution in [3.8, 4) is 11.1 Å². The fraction of sp³-hybridized carbons (Fsp3) is 0.346. The molecule has 1 aliphatic heterocycles. The van der Waals surface area contributed by atoms with Crippen molar-refractivity contribution in [1.82, 2.24) is 15.2 Å². The lowest BCUT2D eigenvalue weighted by molar-refractivity contribution is -0.130. The summed E-state index contributed by atoms with van der Waals surface area (Å²) in [5, 5.41) is 3.02. The van der Waals surface area contributed by atoms with Gasteiger partial charge in [-0.2, -0.15) is 0 Å². The van der Waals surface area contributed by atoms with Gasteiger partial charge >= 0.3 is 0 Å². The molecule has 0 aliphatic carbocycles. The van der Waals surface area contributed by atoms with Crippen molar-refractivity contribution in [2.75, 3.05) is 19.6 Å². The molecule has 0 radical (unpaired) electrons. The van der Waals surface area contributed by atoms with E-state index in [9.17, 15) is 9.59 Å². The molecule has 1 saturated heterocycles. The molecular weight excluding hydrogens is 418 g/mol. The number of rotatable bonds is 6. The number of amides is 2. The highest BCUT2D eigenvalue weighted by molar-refractivity contribution is 7.11. The van der Waals surface area contributed by atoms with E-state index >= 15 is 0 Å². The van der Waals surface area contributed by atoms with Crippen LogP contribution in [0.25, 0.3) is 11.1 Å². The van der Waals surface area contributed by atoms with E-state index in [1.54, 1.807) is 5.51 Å². The highest BCUT2D eigenvalue weighted by atomic mass is 32.1. The number of thiazole rings is 1. The number of carbonyl (C=O) groups is 2. The Bertz CT molecular complexity index is 1120. The molecule has 1 atom stereocenters. The van der Waals surface area contributed by atoms with E-state index in [1.807, 2.05) is 18.7 Å². The normalized spacial score (nSPS) is 18.0. The largest absolute Gasteiger partial charge is 0.356 e. The number of hydrogen-bond acceptors (Lipinski definition) is 4. The number of hydrogen-bond donors (Lipinski definition) is 1. The van der Waals surface area contributed by atoms with Crippen molar-refractivity contribution in [2.45, 2.75) is 33.6 Å². The second-order valence-corrected chi connectivity index (χ2v) is 9.48. The van der Waals surface area contributed by atoms with Crippen LogP contribution < -0.4 is 5.32 Å². The molecule has 3 aromatic rings. The van der Waals surface area contributed by atoms with Crippen LogP contribution in [0.4, 0.5) is 0 Å². The Morgan fingerprint density at radius 2 is 1.91 bits per heavy atom. The van der Waals surface area contributed by atoms with Gasteiger partial charge in [0.1, 0.15) is 4.88 Å². The van der Waals surface area contributed by atoms with Crippen LogP contribution in [-0.2, 0) is 11.2 Å². The van der Waals surface area contributed by atoms with Crippen molar-refractivity contribution in [3.63, 3.8) is 0 Å². The number of benzene rings is 2. The van der Waals surface area contributed by atoms with E-state index in [-0.39, 0.29) is 11.8 Å². The monoisotopic (exact) mass is 447 g/mol. The van der Waals surface area contributed by atoms with Gasteiger partial charge in [-0.25, -0.2) is 4.98 Å². The molecule has 0 unspecified atom stereocenters. The van der Waals surface area contributed by atoms with Crippen LogP contribution in [-0.4, -0.2) is 41.3 Å². The van der Waals surface area contributed by atoms with E-state index < -0.39 is 5.41 Å². The maximum atomic E-state index is 13.2. The quantitative estimate of drug-likeness (QED) is 0.599. The van der Waals surface area contributed by atoms with Gasteiger partial charge in [0.25, 0.3) is 5.91 Å². The summed E-state index contributed by atoms with van der Waals surface area (Å²) < 4.78 is 0. The maximum absolute atomic E-state index is 13.2. The van der Waals surface area contributed by atoms with Crippen molar-refractivity contribution in [3.05, 3.63) is 75.7 Å². The number of nitrogens with one attached hydrogen (secondary N) is 1. The van der Waals surface area contributed by atoms with Crippen molar-refractivity contribution in [2.24, 2.45) is 5.41 Å². The van der Waals surface area contributed by atoms with Gasteiger partial charge in [-0.05, 0) is 50.3 Å². The summed E-state index contributed by atoms with van der Waals surface area (Å²) in [6.07, 6.45) is 1.25. The highest BCUT2D eigenvalue weighted by Gasteiger charge is 2.46. The molecule has 2 aromatic carbocycles. The SMILES string of the molecule is CCNC(=O)[C@@]1(Cc2cccc(-c3ccc(C)cc3)c2)CCN(C(=O)c2scnc2C)C1. The van der Waals surface area contributed by atoms with Gasteiger partial charge < -0.3 is 10.2 Å². The van der Waals surface area contributed by atoms with Gasteiger partial charge in [-0.1, -0.05) is 54.1 Å². The Balaban J connectivity index is 1.60. The molecule has 6 heteroatoms. The van der Waals surface area contributed by atoms with E-state index in [0.29, 0.717) is 37.4 Å². The van der Waals surface area contributed by atoms with Crippen molar-refractivity contribution in [1.29, 1.82) is 0 Å². The first-order valence-corrected chi connectivity index (χ1v) is 11.9. The average Bonchev–Trinajstić information content (AvgIpc) is 3.41.